The van der Waals surface area contributed by atoms with Gasteiger partial charge in [0, 0.05) is 28.1 Å². The van der Waals surface area contributed by atoms with E-state index in [1.165, 1.54) is 16.3 Å². The maximum Gasteiger partial charge on any atom is 0.165 e. The first-order valence-electron chi connectivity index (χ1n) is 16.5. The highest BCUT2D eigenvalue weighted by molar-refractivity contribution is 6.05. The lowest BCUT2D eigenvalue weighted by atomic mass is 9.91. The van der Waals surface area contributed by atoms with Crippen LogP contribution in [0.5, 0.6) is 0 Å². The first kappa shape index (κ1) is 30.6. The van der Waals surface area contributed by atoms with Crippen molar-refractivity contribution in [1.29, 1.82) is 5.26 Å². The van der Waals surface area contributed by atoms with Gasteiger partial charge >= 0.3 is 0 Å². The number of benzene rings is 6. The molecule has 0 aliphatic carbocycles. The number of nitrogens with zero attached hydrogens (tertiary/aromatic N) is 5. The molecule has 2 heterocycles. The van der Waals surface area contributed by atoms with Crippen molar-refractivity contribution in [2.45, 2.75) is 13.8 Å². The second kappa shape index (κ2) is 13.0. The van der Waals surface area contributed by atoms with Gasteiger partial charge in [-0.3, -0.25) is 4.98 Å². The monoisotopic (exact) mass is 641 g/mol. The molecule has 2 aromatic heterocycles. The SMILES string of the molecule is Cc1ccc(-c2nc(-c3ccccc3)nc(-c3ccc(-c4ccc(-c5ccc(-c6ccc(C#N)cc6)cc5)c5ccccc45)cc3)n2)c(C)n1. The third-order valence-electron chi connectivity index (χ3n) is 9.05. The summed E-state index contributed by atoms with van der Waals surface area (Å²) in [6, 6.07) is 54.0. The van der Waals surface area contributed by atoms with Crippen LogP contribution in [0.1, 0.15) is 17.0 Å². The van der Waals surface area contributed by atoms with Crippen molar-refractivity contribution < 1.29 is 0 Å². The summed E-state index contributed by atoms with van der Waals surface area (Å²) >= 11 is 0. The van der Waals surface area contributed by atoms with Crippen LogP contribution < -0.4 is 0 Å². The summed E-state index contributed by atoms with van der Waals surface area (Å²) in [5.41, 5.74) is 12.1. The number of pyridine rings is 1. The van der Waals surface area contributed by atoms with E-state index < -0.39 is 0 Å². The molecule has 0 spiro atoms. The van der Waals surface area contributed by atoms with Crippen molar-refractivity contribution in [3.8, 4) is 73.6 Å². The van der Waals surface area contributed by atoms with Gasteiger partial charge in [0.25, 0.3) is 0 Å². The fourth-order valence-electron chi connectivity index (χ4n) is 6.45. The van der Waals surface area contributed by atoms with E-state index >= 15 is 0 Å². The van der Waals surface area contributed by atoms with Crippen LogP contribution in [-0.4, -0.2) is 19.9 Å². The molecule has 0 saturated carbocycles. The fourth-order valence-corrected chi connectivity index (χ4v) is 6.45. The van der Waals surface area contributed by atoms with Crippen LogP contribution in [0.15, 0.2) is 152 Å². The normalized spacial score (nSPS) is 11.0. The molecule has 0 bridgehead atoms. The Labute approximate surface area is 291 Å². The van der Waals surface area contributed by atoms with Crippen LogP contribution in [-0.2, 0) is 0 Å². The van der Waals surface area contributed by atoms with E-state index in [4.69, 9.17) is 20.2 Å². The zero-order valence-electron chi connectivity index (χ0n) is 27.7. The maximum absolute atomic E-state index is 9.15. The Morgan fingerprint density at radius 1 is 0.380 bits per heavy atom. The Kier molecular flexibility index (Phi) is 7.96. The molecule has 0 amide bonds. The quantitative estimate of drug-likeness (QED) is 0.181. The lowest BCUT2D eigenvalue weighted by Crippen LogP contribution is -2.02. The molecule has 6 aromatic carbocycles. The molecule has 0 atom stereocenters. The van der Waals surface area contributed by atoms with Gasteiger partial charge in [-0.15, -0.1) is 0 Å². The van der Waals surface area contributed by atoms with Gasteiger partial charge in [-0.1, -0.05) is 127 Å². The topological polar surface area (TPSA) is 75.3 Å². The molecule has 0 fully saturated rings. The summed E-state index contributed by atoms with van der Waals surface area (Å²) in [4.78, 5) is 19.4. The van der Waals surface area contributed by atoms with Crippen LogP contribution in [0.25, 0.3) is 78.3 Å². The van der Waals surface area contributed by atoms with Gasteiger partial charge in [-0.05, 0) is 82.3 Å². The largest absolute Gasteiger partial charge is 0.258 e. The molecule has 0 saturated heterocycles. The zero-order chi connectivity index (χ0) is 34.0. The van der Waals surface area contributed by atoms with E-state index in [9.17, 15) is 0 Å². The van der Waals surface area contributed by atoms with Crippen molar-refractivity contribution in [3.05, 3.63) is 169 Å². The molecule has 5 nitrogen and oxygen atoms in total. The highest BCUT2D eigenvalue weighted by Gasteiger charge is 2.15. The van der Waals surface area contributed by atoms with Gasteiger partial charge in [0.1, 0.15) is 0 Å². The van der Waals surface area contributed by atoms with E-state index in [0.29, 0.717) is 23.0 Å². The number of rotatable bonds is 6. The number of hydrogen-bond donors (Lipinski definition) is 0. The molecule has 50 heavy (non-hydrogen) atoms. The highest BCUT2D eigenvalue weighted by atomic mass is 15.0. The molecule has 8 aromatic rings. The lowest BCUT2D eigenvalue weighted by molar-refractivity contribution is 1.05. The Morgan fingerprint density at radius 2 is 0.820 bits per heavy atom. The van der Waals surface area contributed by atoms with Crippen molar-refractivity contribution in [3.63, 3.8) is 0 Å². The van der Waals surface area contributed by atoms with E-state index in [0.717, 1.165) is 55.9 Å². The lowest BCUT2D eigenvalue weighted by Gasteiger charge is -2.13. The summed E-state index contributed by atoms with van der Waals surface area (Å²) in [5, 5.41) is 11.5. The van der Waals surface area contributed by atoms with Crippen LogP contribution in [0.3, 0.4) is 0 Å². The first-order valence-corrected chi connectivity index (χ1v) is 16.5. The second-order valence-corrected chi connectivity index (χ2v) is 12.3. The molecular weight excluding hydrogens is 611 g/mol. The summed E-state index contributed by atoms with van der Waals surface area (Å²) < 4.78 is 0. The Morgan fingerprint density at radius 3 is 1.36 bits per heavy atom. The molecule has 236 valence electrons. The van der Waals surface area contributed by atoms with Gasteiger partial charge in [0.05, 0.1) is 11.6 Å². The van der Waals surface area contributed by atoms with Crippen LogP contribution in [0.2, 0.25) is 0 Å². The molecule has 0 N–H and O–H groups in total. The highest BCUT2D eigenvalue weighted by Crippen LogP contribution is 2.37. The summed E-state index contributed by atoms with van der Waals surface area (Å²) in [5.74, 6) is 1.85. The van der Waals surface area contributed by atoms with E-state index in [2.05, 4.69) is 96.0 Å². The first-order chi connectivity index (χ1) is 24.5. The van der Waals surface area contributed by atoms with Crippen LogP contribution >= 0.6 is 0 Å². The van der Waals surface area contributed by atoms with Crippen molar-refractivity contribution in [1.82, 2.24) is 19.9 Å². The predicted octanol–water partition coefficient (Wildman–Crippen LogP) is 10.9. The molecule has 0 radical (unpaired) electrons. The standard InChI is InChI=1S/C45H31N5/c1-29-12-25-38(30(2)47-29)45-49-43(36-8-4-3-5-9-36)48-44(50-45)37-23-21-35(22-24-37)40-27-26-39(41-10-6-7-11-42(40)41)34-19-17-33(18-20-34)32-15-13-31(28-46)14-16-32/h3-27H,1-2H3. The van der Waals surface area contributed by atoms with Crippen molar-refractivity contribution in [2.75, 3.05) is 0 Å². The van der Waals surface area contributed by atoms with Gasteiger partial charge in [0.15, 0.2) is 17.5 Å². The van der Waals surface area contributed by atoms with E-state index in [-0.39, 0.29) is 0 Å². The minimum atomic E-state index is 0.606. The molecule has 0 unspecified atom stereocenters. The minimum absolute atomic E-state index is 0.606. The number of hydrogen-bond acceptors (Lipinski definition) is 5. The molecule has 0 aliphatic heterocycles. The summed E-state index contributed by atoms with van der Waals surface area (Å²) in [6.45, 7) is 3.98. The number of nitriles is 1. The average Bonchev–Trinajstić information content (AvgIpc) is 3.18. The minimum Gasteiger partial charge on any atom is -0.258 e. The summed E-state index contributed by atoms with van der Waals surface area (Å²) in [6.07, 6.45) is 0. The molecule has 8 rings (SSSR count). The van der Waals surface area contributed by atoms with E-state index in [1.807, 2.05) is 80.6 Å². The Balaban J connectivity index is 1.15. The molecule has 0 aliphatic rings. The predicted molar refractivity (Wildman–Crippen MR) is 202 cm³/mol. The number of fused-ring (bicyclic) bond motifs is 1. The number of aromatic nitrogens is 4. The second-order valence-electron chi connectivity index (χ2n) is 12.3. The van der Waals surface area contributed by atoms with Crippen molar-refractivity contribution in [2.24, 2.45) is 0 Å². The van der Waals surface area contributed by atoms with Gasteiger partial charge in [-0.2, -0.15) is 5.26 Å². The summed E-state index contributed by atoms with van der Waals surface area (Å²) in [7, 11) is 0. The third-order valence-corrected chi connectivity index (χ3v) is 9.05. The fraction of sp³-hybridized carbons (Fsp3) is 0.0444. The van der Waals surface area contributed by atoms with Gasteiger partial charge < -0.3 is 0 Å². The molecular formula is C45H31N5. The average molecular weight is 642 g/mol. The Bertz CT molecular complexity index is 2530. The maximum atomic E-state index is 9.15. The smallest absolute Gasteiger partial charge is 0.165 e. The van der Waals surface area contributed by atoms with Crippen LogP contribution in [0.4, 0.5) is 0 Å². The van der Waals surface area contributed by atoms with Gasteiger partial charge in [-0.25, -0.2) is 15.0 Å². The van der Waals surface area contributed by atoms with Crippen LogP contribution in [0, 0.1) is 25.2 Å². The Hall–Kier alpha value is -6.77. The van der Waals surface area contributed by atoms with Crippen molar-refractivity contribution >= 4 is 10.8 Å². The molecule has 5 heteroatoms. The zero-order valence-corrected chi connectivity index (χ0v) is 27.7. The van der Waals surface area contributed by atoms with Gasteiger partial charge in [0.2, 0.25) is 0 Å². The number of aryl methyl sites for hydroxylation is 2. The third kappa shape index (κ3) is 5.91. The van der Waals surface area contributed by atoms with E-state index in [1.54, 1.807) is 0 Å².